The molecule has 17 heavy (non-hydrogen) atoms. The van der Waals surface area contributed by atoms with Gasteiger partial charge in [-0.1, -0.05) is 0 Å². The molecule has 0 bridgehead atoms. The largest absolute Gasteiger partial charge is 0.380 e. The van der Waals surface area contributed by atoms with E-state index in [9.17, 15) is 4.79 Å². The predicted octanol–water partition coefficient (Wildman–Crippen LogP) is 0.0486. The minimum atomic E-state index is -0.108. The van der Waals surface area contributed by atoms with Crippen molar-refractivity contribution in [1.82, 2.24) is 10.6 Å². The summed E-state index contributed by atoms with van der Waals surface area (Å²) in [7, 11) is 1.68. The van der Waals surface area contributed by atoms with E-state index in [1.54, 1.807) is 7.11 Å². The SMILES string of the molecule is COC1CNC(C(=O)NCC2CCCCO2)C1. The fourth-order valence-corrected chi connectivity index (χ4v) is 2.39. The van der Waals surface area contributed by atoms with E-state index in [1.807, 2.05) is 0 Å². The van der Waals surface area contributed by atoms with Crippen LogP contribution in [0, 0.1) is 0 Å². The van der Waals surface area contributed by atoms with Gasteiger partial charge >= 0.3 is 0 Å². The third kappa shape index (κ3) is 3.66. The summed E-state index contributed by atoms with van der Waals surface area (Å²) in [5.41, 5.74) is 0. The van der Waals surface area contributed by atoms with Crippen LogP contribution in [-0.2, 0) is 14.3 Å². The molecule has 2 saturated heterocycles. The normalized spacial score (nSPS) is 33.6. The summed E-state index contributed by atoms with van der Waals surface area (Å²) in [6.07, 6.45) is 4.52. The van der Waals surface area contributed by atoms with Gasteiger partial charge in [0.05, 0.1) is 18.2 Å². The van der Waals surface area contributed by atoms with Crippen LogP contribution in [0.3, 0.4) is 0 Å². The summed E-state index contributed by atoms with van der Waals surface area (Å²) in [6, 6.07) is -0.108. The molecule has 2 aliphatic heterocycles. The summed E-state index contributed by atoms with van der Waals surface area (Å²) in [5.74, 6) is 0.0683. The minimum absolute atomic E-state index is 0.0683. The predicted molar refractivity (Wildman–Crippen MR) is 63.8 cm³/mol. The molecule has 2 rings (SSSR count). The van der Waals surface area contributed by atoms with Crippen LogP contribution in [0.2, 0.25) is 0 Å². The van der Waals surface area contributed by atoms with Crippen molar-refractivity contribution in [3.8, 4) is 0 Å². The maximum Gasteiger partial charge on any atom is 0.237 e. The molecule has 5 heteroatoms. The van der Waals surface area contributed by atoms with E-state index in [2.05, 4.69) is 10.6 Å². The maximum absolute atomic E-state index is 11.9. The van der Waals surface area contributed by atoms with E-state index in [4.69, 9.17) is 9.47 Å². The average molecular weight is 242 g/mol. The van der Waals surface area contributed by atoms with Gasteiger partial charge in [0.2, 0.25) is 5.91 Å². The molecule has 0 aliphatic carbocycles. The van der Waals surface area contributed by atoms with Gasteiger partial charge in [-0.2, -0.15) is 0 Å². The zero-order valence-electron chi connectivity index (χ0n) is 10.4. The number of hydrogen-bond acceptors (Lipinski definition) is 4. The number of hydrogen-bond donors (Lipinski definition) is 2. The molecule has 3 atom stereocenters. The Bertz CT molecular complexity index is 254. The van der Waals surface area contributed by atoms with Gasteiger partial charge in [0.15, 0.2) is 0 Å². The van der Waals surface area contributed by atoms with Crippen LogP contribution in [-0.4, -0.2) is 51.0 Å². The molecule has 0 spiro atoms. The van der Waals surface area contributed by atoms with Crippen molar-refractivity contribution < 1.29 is 14.3 Å². The summed E-state index contributed by atoms with van der Waals surface area (Å²) in [5, 5.41) is 6.12. The molecule has 5 nitrogen and oxygen atoms in total. The van der Waals surface area contributed by atoms with Crippen LogP contribution in [0.1, 0.15) is 25.7 Å². The number of amides is 1. The number of rotatable bonds is 4. The molecule has 0 saturated carbocycles. The van der Waals surface area contributed by atoms with Crippen LogP contribution in [0.25, 0.3) is 0 Å². The summed E-state index contributed by atoms with van der Waals surface area (Å²) < 4.78 is 10.8. The van der Waals surface area contributed by atoms with Crippen LogP contribution in [0.15, 0.2) is 0 Å². The Balaban J connectivity index is 1.66. The van der Waals surface area contributed by atoms with Gasteiger partial charge in [0.1, 0.15) is 0 Å². The van der Waals surface area contributed by atoms with Crippen molar-refractivity contribution in [2.45, 2.75) is 43.9 Å². The molecular weight excluding hydrogens is 220 g/mol. The second-order valence-electron chi connectivity index (χ2n) is 4.79. The Morgan fingerprint density at radius 2 is 2.41 bits per heavy atom. The van der Waals surface area contributed by atoms with E-state index in [1.165, 1.54) is 6.42 Å². The number of carbonyl (C=O) groups is 1. The van der Waals surface area contributed by atoms with E-state index >= 15 is 0 Å². The fourth-order valence-electron chi connectivity index (χ4n) is 2.39. The highest BCUT2D eigenvalue weighted by Gasteiger charge is 2.29. The first kappa shape index (κ1) is 12.8. The van der Waals surface area contributed by atoms with Crippen LogP contribution >= 0.6 is 0 Å². The van der Waals surface area contributed by atoms with Crippen LogP contribution < -0.4 is 10.6 Å². The quantitative estimate of drug-likeness (QED) is 0.731. The van der Waals surface area contributed by atoms with Crippen LogP contribution in [0.5, 0.6) is 0 Å². The maximum atomic E-state index is 11.9. The first-order chi connectivity index (χ1) is 8.29. The van der Waals surface area contributed by atoms with Crippen molar-refractivity contribution in [3.05, 3.63) is 0 Å². The first-order valence-corrected chi connectivity index (χ1v) is 6.45. The van der Waals surface area contributed by atoms with E-state index in [0.29, 0.717) is 6.54 Å². The third-order valence-corrected chi connectivity index (χ3v) is 3.52. The summed E-state index contributed by atoms with van der Waals surface area (Å²) in [4.78, 5) is 11.9. The lowest BCUT2D eigenvalue weighted by atomic mass is 10.1. The topological polar surface area (TPSA) is 59.6 Å². The highest BCUT2D eigenvalue weighted by atomic mass is 16.5. The Kier molecular flexibility index (Phi) is 4.76. The van der Waals surface area contributed by atoms with Gasteiger partial charge in [-0.05, 0) is 25.7 Å². The van der Waals surface area contributed by atoms with Crippen molar-refractivity contribution >= 4 is 5.91 Å². The lowest BCUT2D eigenvalue weighted by Gasteiger charge is -2.23. The lowest BCUT2D eigenvalue weighted by Crippen LogP contribution is -2.44. The molecule has 2 aliphatic rings. The highest BCUT2D eigenvalue weighted by Crippen LogP contribution is 2.12. The van der Waals surface area contributed by atoms with Gasteiger partial charge in [-0.15, -0.1) is 0 Å². The lowest BCUT2D eigenvalue weighted by molar-refractivity contribution is -0.123. The molecule has 0 aromatic heterocycles. The molecule has 0 aromatic rings. The average Bonchev–Trinajstić information content (AvgIpc) is 2.86. The Labute approximate surface area is 102 Å². The second kappa shape index (κ2) is 6.33. The Morgan fingerprint density at radius 3 is 3.06 bits per heavy atom. The molecule has 2 heterocycles. The van der Waals surface area contributed by atoms with Crippen molar-refractivity contribution in [2.75, 3.05) is 26.8 Å². The zero-order valence-corrected chi connectivity index (χ0v) is 10.4. The van der Waals surface area contributed by atoms with Gasteiger partial charge in [-0.3, -0.25) is 4.79 Å². The Morgan fingerprint density at radius 1 is 1.53 bits per heavy atom. The van der Waals surface area contributed by atoms with Gasteiger partial charge < -0.3 is 20.1 Å². The fraction of sp³-hybridized carbons (Fsp3) is 0.917. The first-order valence-electron chi connectivity index (χ1n) is 6.45. The number of carbonyl (C=O) groups excluding carboxylic acids is 1. The van der Waals surface area contributed by atoms with E-state index < -0.39 is 0 Å². The van der Waals surface area contributed by atoms with Crippen molar-refractivity contribution in [2.24, 2.45) is 0 Å². The summed E-state index contributed by atoms with van der Waals surface area (Å²) >= 11 is 0. The highest BCUT2D eigenvalue weighted by molar-refractivity contribution is 5.82. The number of ether oxygens (including phenoxy) is 2. The van der Waals surface area contributed by atoms with Gasteiger partial charge in [0.25, 0.3) is 0 Å². The monoisotopic (exact) mass is 242 g/mol. The van der Waals surface area contributed by atoms with Crippen molar-refractivity contribution in [1.29, 1.82) is 0 Å². The Hall–Kier alpha value is -0.650. The molecule has 98 valence electrons. The minimum Gasteiger partial charge on any atom is -0.380 e. The molecule has 0 aromatic carbocycles. The van der Waals surface area contributed by atoms with E-state index in [-0.39, 0.29) is 24.2 Å². The molecule has 2 N–H and O–H groups in total. The van der Waals surface area contributed by atoms with E-state index in [0.717, 1.165) is 32.4 Å². The second-order valence-corrected chi connectivity index (χ2v) is 4.79. The molecule has 2 fully saturated rings. The standard InChI is InChI=1S/C12H22N2O3/c1-16-10-6-11(13-8-10)12(15)14-7-9-4-2-3-5-17-9/h9-11,13H,2-8H2,1H3,(H,14,15). The van der Waals surface area contributed by atoms with Gasteiger partial charge in [-0.25, -0.2) is 0 Å². The molecule has 3 unspecified atom stereocenters. The molecule has 0 radical (unpaired) electrons. The number of nitrogens with one attached hydrogen (secondary N) is 2. The number of methoxy groups -OCH3 is 1. The molecule has 1 amide bonds. The third-order valence-electron chi connectivity index (χ3n) is 3.52. The van der Waals surface area contributed by atoms with Gasteiger partial charge in [0, 0.05) is 26.8 Å². The zero-order chi connectivity index (χ0) is 12.1. The smallest absolute Gasteiger partial charge is 0.237 e. The van der Waals surface area contributed by atoms with Crippen molar-refractivity contribution in [3.63, 3.8) is 0 Å². The van der Waals surface area contributed by atoms with Crippen LogP contribution in [0.4, 0.5) is 0 Å². The molecular formula is C12H22N2O3. The summed E-state index contributed by atoms with van der Waals surface area (Å²) in [6.45, 7) is 2.22.